The topological polar surface area (TPSA) is 89.5 Å². The van der Waals surface area contributed by atoms with Crippen LogP contribution in [0.15, 0.2) is 0 Å². The SMILES string of the molecule is COC[C@H]1O[C@@H](OS(=O)(=O)C(F)(F)F)[C@H](OC)[C@H](OC)[C@@H]1OC. The number of rotatable bonds is 7. The molecule has 1 aliphatic rings. The monoisotopic (exact) mass is 368 g/mol. The van der Waals surface area contributed by atoms with Gasteiger partial charge in [0.2, 0.25) is 6.29 Å². The summed E-state index contributed by atoms with van der Waals surface area (Å²) in [6, 6.07) is 0. The lowest BCUT2D eigenvalue weighted by Crippen LogP contribution is -2.61. The number of methoxy groups -OCH3 is 4. The highest BCUT2D eigenvalue weighted by atomic mass is 32.2. The minimum Gasteiger partial charge on any atom is -0.382 e. The molecule has 0 aromatic rings. The second kappa shape index (κ2) is 8.05. The first-order chi connectivity index (χ1) is 10.6. The van der Waals surface area contributed by atoms with Gasteiger partial charge in [0, 0.05) is 28.4 Å². The smallest absolute Gasteiger partial charge is 0.382 e. The summed E-state index contributed by atoms with van der Waals surface area (Å²) in [5.41, 5.74) is -5.59. The molecule has 8 nitrogen and oxygen atoms in total. The molecule has 0 saturated carbocycles. The quantitative estimate of drug-likeness (QED) is 0.467. The maximum Gasteiger partial charge on any atom is 0.523 e. The van der Waals surface area contributed by atoms with E-state index in [0.29, 0.717) is 0 Å². The van der Waals surface area contributed by atoms with Crippen LogP contribution in [-0.4, -0.2) is 79.7 Å². The molecule has 0 amide bonds. The number of hydrogen-bond acceptors (Lipinski definition) is 8. The normalized spacial score (nSPS) is 32.9. The Morgan fingerprint density at radius 2 is 1.48 bits per heavy atom. The van der Waals surface area contributed by atoms with E-state index in [1.165, 1.54) is 21.3 Å². The van der Waals surface area contributed by atoms with Crippen molar-refractivity contribution in [1.82, 2.24) is 0 Å². The molecule has 0 unspecified atom stereocenters. The Kier molecular flexibility index (Phi) is 7.19. The van der Waals surface area contributed by atoms with Crippen molar-refractivity contribution < 1.29 is 49.5 Å². The molecule has 0 aromatic heterocycles. The van der Waals surface area contributed by atoms with Crippen LogP contribution in [0.2, 0.25) is 0 Å². The van der Waals surface area contributed by atoms with Crippen LogP contribution in [0.3, 0.4) is 0 Å². The molecule has 138 valence electrons. The molecule has 1 fully saturated rings. The van der Waals surface area contributed by atoms with Gasteiger partial charge in [-0.15, -0.1) is 0 Å². The van der Waals surface area contributed by atoms with Gasteiger partial charge in [0.15, 0.2) is 0 Å². The van der Waals surface area contributed by atoms with Crippen LogP contribution in [0.5, 0.6) is 0 Å². The summed E-state index contributed by atoms with van der Waals surface area (Å²) in [5, 5.41) is 0. The zero-order valence-electron chi connectivity index (χ0n) is 12.9. The summed E-state index contributed by atoms with van der Waals surface area (Å²) >= 11 is 0. The molecule has 1 saturated heterocycles. The largest absolute Gasteiger partial charge is 0.523 e. The molecule has 0 N–H and O–H groups in total. The fraction of sp³-hybridized carbons (Fsp3) is 1.00. The van der Waals surface area contributed by atoms with Gasteiger partial charge in [-0.2, -0.15) is 21.6 Å². The van der Waals surface area contributed by atoms with Gasteiger partial charge in [-0.05, 0) is 0 Å². The standard InChI is InChI=1S/C11H19F3O8S/c1-17-5-6-7(18-2)8(19-3)9(20-4)10(21-6)22-23(15,16)11(12,13)14/h6-10H,5H2,1-4H3/t6-,7-,8-,9-,10+/m1/s1. The van der Waals surface area contributed by atoms with Crippen LogP contribution in [-0.2, 0) is 38.0 Å². The zero-order valence-corrected chi connectivity index (χ0v) is 13.7. The van der Waals surface area contributed by atoms with Crippen molar-refractivity contribution in [2.24, 2.45) is 0 Å². The first kappa shape index (κ1) is 20.5. The minimum absolute atomic E-state index is 0.0826. The van der Waals surface area contributed by atoms with E-state index in [2.05, 4.69) is 4.18 Å². The van der Waals surface area contributed by atoms with E-state index in [1.807, 2.05) is 0 Å². The summed E-state index contributed by atoms with van der Waals surface area (Å²) in [5.74, 6) is 0. The first-order valence-electron chi connectivity index (χ1n) is 6.35. The molecular weight excluding hydrogens is 349 g/mol. The maximum atomic E-state index is 12.5. The van der Waals surface area contributed by atoms with Gasteiger partial charge in [-0.1, -0.05) is 0 Å². The van der Waals surface area contributed by atoms with Crippen molar-refractivity contribution in [3.63, 3.8) is 0 Å². The van der Waals surface area contributed by atoms with Gasteiger partial charge < -0.3 is 23.7 Å². The number of alkyl halides is 3. The lowest BCUT2D eigenvalue weighted by atomic mass is 9.98. The summed E-state index contributed by atoms with van der Waals surface area (Å²) in [7, 11) is -0.781. The van der Waals surface area contributed by atoms with Crippen LogP contribution >= 0.6 is 0 Å². The fourth-order valence-corrected chi connectivity index (χ4v) is 2.75. The van der Waals surface area contributed by atoms with E-state index in [1.54, 1.807) is 0 Å². The molecule has 0 bridgehead atoms. The highest BCUT2D eigenvalue weighted by molar-refractivity contribution is 7.87. The number of halogens is 3. The summed E-state index contributed by atoms with van der Waals surface area (Å²) < 4.78 is 89.6. The Morgan fingerprint density at radius 1 is 0.957 bits per heavy atom. The van der Waals surface area contributed by atoms with Crippen LogP contribution in [0.4, 0.5) is 13.2 Å². The van der Waals surface area contributed by atoms with Crippen molar-refractivity contribution in [2.75, 3.05) is 35.0 Å². The van der Waals surface area contributed by atoms with Crippen molar-refractivity contribution >= 4 is 10.1 Å². The number of hydrogen-bond donors (Lipinski definition) is 0. The van der Waals surface area contributed by atoms with E-state index < -0.39 is 46.3 Å². The van der Waals surface area contributed by atoms with Gasteiger partial charge in [0.05, 0.1) is 6.61 Å². The molecule has 12 heteroatoms. The van der Waals surface area contributed by atoms with Gasteiger partial charge in [-0.25, -0.2) is 4.18 Å². The Labute approximate surface area is 131 Å². The van der Waals surface area contributed by atoms with E-state index in [9.17, 15) is 21.6 Å². The van der Waals surface area contributed by atoms with Crippen LogP contribution in [0, 0.1) is 0 Å². The molecule has 0 spiro atoms. The zero-order chi connectivity index (χ0) is 17.8. The third-order valence-electron chi connectivity index (χ3n) is 3.24. The molecule has 0 aromatic carbocycles. The van der Waals surface area contributed by atoms with Crippen LogP contribution < -0.4 is 0 Å². The third-order valence-corrected chi connectivity index (χ3v) is 4.25. The number of ether oxygens (including phenoxy) is 5. The minimum atomic E-state index is -5.88. The average molecular weight is 368 g/mol. The van der Waals surface area contributed by atoms with Crippen LogP contribution in [0.25, 0.3) is 0 Å². The van der Waals surface area contributed by atoms with Gasteiger partial charge in [0.25, 0.3) is 0 Å². The third kappa shape index (κ3) is 4.53. The molecule has 0 aliphatic carbocycles. The predicted molar refractivity (Wildman–Crippen MR) is 69.0 cm³/mol. The van der Waals surface area contributed by atoms with Gasteiger partial charge in [0.1, 0.15) is 24.4 Å². The molecule has 1 aliphatic heterocycles. The van der Waals surface area contributed by atoms with Gasteiger partial charge in [-0.3, -0.25) is 0 Å². The van der Waals surface area contributed by atoms with Crippen molar-refractivity contribution in [3.8, 4) is 0 Å². The van der Waals surface area contributed by atoms with E-state index in [-0.39, 0.29) is 6.61 Å². The van der Waals surface area contributed by atoms with E-state index in [4.69, 9.17) is 23.7 Å². The lowest BCUT2D eigenvalue weighted by molar-refractivity contribution is -0.293. The molecule has 0 radical (unpaired) electrons. The lowest BCUT2D eigenvalue weighted by Gasteiger charge is -2.43. The molecule has 1 rings (SSSR count). The summed E-state index contributed by atoms with van der Waals surface area (Å²) in [6.45, 7) is -0.0826. The Bertz CT molecular complexity index is 468. The Hall–Kier alpha value is -0.500. The predicted octanol–water partition coefficient (Wildman–Crippen LogP) is 0.269. The second-order valence-corrected chi connectivity index (χ2v) is 6.16. The molecular formula is C11H19F3O8S. The molecule has 1 heterocycles. The van der Waals surface area contributed by atoms with Gasteiger partial charge >= 0.3 is 15.6 Å². The molecule has 23 heavy (non-hydrogen) atoms. The first-order valence-corrected chi connectivity index (χ1v) is 7.76. The summed E-state index contributed by atoms with van der Waals surface area (Å²) in [6.07, 6.45) is -5.77. The Morgan fingerprint density at radius 3 is 1.87 bits per heavy atom. The van der Waals surface area contributed by atoms with E-state index >= 15 is 0 Å². The van der Waals surface area contributed by atoms with Crippen molar-refractivity contribution in [2.45, 2.75) is 36.2 Å². The summed E-state index contributed by atoms with van der Waals surface area (Å²) in [4.78, 5) is 0. The second-order valence-electron chi connectivity index (χ2n) is 4.60. The van der Waals surface area contributed by atoms with Crippen LogP contribution in [0.1, 0.15) is 0 Å². The molecule has 5 atom stereocenters. The van der Waals surface area contributed by atoms with E-state index in [0.717, 1.165) is 7.11 Å². The fourth-order valence-electron chi connectivity index (χ4n) is 2.24. The van der Waals surface area contributed by atoms with Crippen molar-refractivity contribution in [3.05, 3.63) is 0 Å². The highest BCUT2D eigenvalue weighted by Crippen LogP contribution is 2.32. The average Bonchev–Trinajstić information content (AvgIpc) is 2.45. The van der Waals surface area contributed by atoms with Crippen molar-refractivity contribution in [1.29, 1.82) is 0 Å². The Balaban J connectivity index is 3.09. The highest BCUT2D eigenvalue weighted by Gasteiger charge is 2.54. The maximum absolute atomic E-state index is 12.5.